The Labute approximate surface area is 314 Å². The van der Waals surface area contributed by atoms with E-state index >= 15 is 4.79 Å². The average molecular weight is 783 g/mol. The largest absolute Gasteiger partial charge is 0.447 e. The van der Waals surface area contributed by atoms with Crippen molar-refractivity contribution in [2.75, 3.05) is 6.61 Å². The van der Waals surface area contributed by atoms with Crippen LogP contribution in [0.15, 0.2) is 61.1 Å². The highest BCUT2D eigenvalue weighted by Crippen LogP contribution is 2.49. The van der Waals surface area contributed by atoms with E-state index in [4.69, 9.17) is 21.7 Å². The number of fused-ring (bicyclic) bond motifs is 3. The predicted molar refractivity (Wildman–Crippen MR) is 187 cm³/mol. The Morgan fingerprint density at radius 3 is 2.49 bits per heavy atom. The Kier molecular flexibility index (Phi) is 8.98. The molecule has 1 saturated heterocycles. The second-order valence-electron chi connectivity index (χ2n) is 14.7. The zero-order valence-corrected chi connectivity index (χ0v) is 30.1. The fourth-order valence-corrected chi connectivity index (χ4v) is 7.24. The molecule has 2 atom stereocenters. The molecule has 55 heavy (non-hydrogen) atoms. The molecule has 4 heterocycles. The van der Waals surface area contributed by atoms with Crippen molar-refractivity contribution in [3.8, 4) is 11.8 Å². The molecule has 2 amide bonds. The van der Waals surface area contributed by atoms with Gasteiger partial charge in [0.05, 0.1) is 39.5 Å². The third-order valence-corrected chi connectivity index (χ3v) is 10.0. The zero-order valence-electron chi connectivity index (χ0n) is 29.4. The number of rotatable bonds is 9. The lowest BCUT2D eigenvalue weighted by Gasteiger charge is -2.35. The SMILES string of the molecule is CC(C)(C)CC1(c2ccc3c(ccc4c(C#N)cnn43)c2)NC(=N)N([C@H](COC(=O)NC2(C(F)(F)F)CC2)c2ccc(Cl)c(-n3ncnc3C(F)F)c2)C1=O. The van der Waals surface area contributed by atoms with Crippen LogP contribution in [-0.2, 0) is 15.1 Å². The molecule has 0 bridgehead atoms. The standard InChI is InChI=1S/C36H32ClF5N10O3/c1-33(2,3)17-35(22-6-9-24-19(12-22)5-8-25-21(14-43)15-46-51(24)25)30(53)50(31(44)48-35)27(16-55-32(54)49-34(10-11-34)36(40,41)42)20-4-7-23(37)26(13-20)52-29(28(38)39)45-18-47-52/h4-9,12-13,15,18,27-28H,10-11,16-17H2,1-3H3,(H2,44,48)(H,49,54)/t27-,35?/m1/s1. The van der Waals surface area contributed by atoms with Crippen LogP contribution in [-0.4, -0.2) is 65.6 Å². The number of alkyl halides is 5. The maximum atomic E-state index is 15.1. The minimum atomic E-state index is -4.73. The first-order valence-electron chi connectivity index (χ1n) is 16.9. The number of pyridine rings is 1. The molecular weight excluding hydrogens is 751 g/mol. The molecule has 5 aromatic rings. The first-order chi connectivity index (χ1) is 25.9. The molecule has 1 aliphatic carbocycles. The van der Waals surface area contributed by atoms with Gasteiger partial charge in [0, 0.05) is 5.39 Å². The van der Waals surface area contributed by atoms with Crippen LogP contribution < -0.4 is 10.6 Å². The van der Waals surface area contributed by atoms with E-state index in [0.717, 1.165) is 15.9 Å². The Morgan fingerprint density at radius 1 is 1.11 bits per heavy atom. The number of hydrogen-bond acceptors (Lipinski definition) is 8. The summed E-state index contributed by atoms with van der Waals surface area (Å²) < 4.78 is 76.6. The van der Waals surface area contributed by atoms with Crippen LogP contribution in [0.2, 0.25) is 5.02 Å². The molecule has 286 valence electrons. The number of guanidine groups is 1. The molecule has 3 aromatic heterocycles. The van der Waals surface area contributed by atoms with E-state index in [-0.39, 0.29) is 35.5 Å². The summed E-state index contributed by atoms with van der Waals surface area (Å²) >= 11 is 6.43. The number of halogens is 6. The van der Waals surface area contributed by atoms with Crippen LogP contribution in [0.4, 0.5) is 26.7 Å². The third-order valence-electron chi connectivity index (χ3n) is 9.72. The molecule has 1 unspecified atom stereocenters. The van der Waals surface area contributed by atoms with E-state index in [1.807, 2.05) is 26.1 Å². The van der Waals surface area contributed by atoms with Gasteiger partial charge in [0.2, 0.25) is 0 Å². The van der Waals surface area contributed by atoms with Gasteiger partial charge in [-0.3, -0.25) is 15.1 Å². The molecule has 1 saturated carbocycles. The van der Waals surface area contributed by atoms with E-state index in [1.165, 1.54) is 24.4 Å². The van der Waals surface area contributed by atoms with E-state index in [1.54, 1.807) is 34.8 Å². The van der Waals surface area contributed by atoms with Gasteiger partial charge in [-0.25, -0.2) is 27.8 Å². The summed E-state index contributed by atoms with van der Waals surface area (Å²) in [5.74, 6) is -1.83. The predicted octanol–water partition coefficient (Wildman–Crippen LogP) is 7.09. The van der Waals surface area contributed by atoms with E-state index < -0.39 is 65.5 Å². The Hall–Kier alpha value is -5.83. The number of alkyl carbamates (subject to hydrolysis) is 1. The Morgan fingerprint density at radius 2 is 1.84 bits per heavy atom. The molecule has 3 N–H and O–H groups in total. The van der Waals surface area contributed by atoms with Gasteiger partial charge in [0.1, 0.15) is 30.1 Å². The van der Waals surface area contributed by atoms with Crippen molar-refractivity contribution in [2.24, 2.45) is 5.41 Å². The van der Waals surface area contributed by atoms with Crippen molar-refractivity contribution in [3.63, 3.8) is 0 Å². The van der Waals surface area contributed by atoms with Crippen LogP contribution in [0.5, 0.6) is 0 Å². The summed E-state index contributed by atoms with van der Waals surface area (Å²) in [5, 5.41) is 32.5. The molecule has 1 aliphatic heterocycles. The van der Waals surface area contributed by atoms with E-state index in [9.17, 15) is 32.0 Å². The number of nitrogens with zero attached hydrogens (tertiary/aromatic N) is 7. The van der Waals surface area contributed by atoms with Gasteiger partial charge in [0.15, 0.2) is 11.8 Å². The summed E-state index contributed by atoms with van der Waals surface area (Å²) in [4.78, 5) is 32.6. The van der Waals surface area contributed by atoms with Crippen molar-refractivity contribution in [3.05, 3.63) is 88.6 Å². The maximum absolute atomic E-state index is 15.1. The molecule has 2 aromatic carbocycles. The highest BCUT2D eigenvalue weighted by Gasteiger charge is 2.64. The molecular formula is C36H32ClF5N10O3. The van der Waals surface area contributed by atoms with Crippen molar-refractivity contribution in [2.45, 2.75) is 69.8 Å². The molecule has 2 aliphatic rings. The summed E-state index contributed by atoms with van der Waals surface area (Å²) in [6.07, 6.45) is -7.40. The summed E-state index contributed by atoms with van der Waals surface area (Å²) in [7, 11) is 0. The zero-order chi connectivity index (χ0) is 39.7. The Bertz CT molecular complexity index is 2410. The monoisotopic (exact) mass is 782 g/mol. The summed E-state index contributed by atoms with van der Waals surface area (Å²) in [6, 6.07) is 13.5. The van der Waals surface area contributed by atoms with Gasteiger partial charge in [-0.05, 0) is 66.1 Å². The van der Waals surface area contributed by atoms with Crippen LogP contribution in [0, 0.1) is 22.2 Å². The number of nitrogens with one attached hydrogen (secondary N) is 3. The van der Waals surface area contributed by atoms with Gasteiger partial charge in [0.25, 0.3) is 12.3 Å². The number of ether oxygens (including phenoxy) is 1. The maximum Gasteiger partial charge on any atom is 0.411 e. The third kappa shape index (κ3) is 6.55. The molecule has 19 heteroatoms. The first-order valence-corrected chi connectivity index (χ1v) is 17.3. The number of nitriles is 1. The van der Waals surface area contributed by atoms with Crippen LogP contribution >= 0.6 is 11.6 Å². The van der Waals surface area contributed by atoms with Gasteiger partial charge in [-0.2, -0.15) is 28.6 Å². The second kappa shape index (κ2) is 13.2. The molecule has 13 nitrogen and oxygen atoms in total. The summed E-state index contributed by atoms with van der Waals surface area (Å²) in [5.41, 5.74) is -2.49. The van der Waals surface area contributed by atoms with Crippen molar-refractivity contribution in [1.29, 1.82) is 10.7 Å². The fourth-order valence-electron chi connectivity index (χ4n) is 7.04. The molecule has 0 spiro atoms. The average Bonchev–Trinajstić information content (AvgIpc) is 3.44. The molecule has 0 radical (unpaired) electrons. The molecule has 7 rings (SSSR count). The Balaban J connectivity index is 1.32. The van der Waals surface area contributed by atoms with Crippen LogP contribution in [0.1, 0.15) is 75.0 Å². The van der Waals surface area contributed by atoms with Crippen LogP contribution in [0.25, 0.3) is 22.1 Å². The van der Waals surface area contributed by atoms with Crippen molar-refractivity contribution < 1.29 is 36.3 Å². The topological polar surface area (TPSA) is 166 Å². The summed E-state index contributed by atoms with van der Waals surface area (Å²) in [6.45, 7) is 4.95. The quantitative estimate of drug-likeness (QED) is 0.133. The van der Waals surface area contributed by atoms with Crippen molar-refractivity contribution in [1.82, 2.24) is 39.9 Å². The lowest BCUT2D eigenvalue weighted by Crippen LogP contribution is -2.49. The normalized spacial score (nSPS) is 18.8. The number of aromatic nitrogens is 5. The van der Waals surface area contributed by atoms with E-state index in [0.29, 0.717) is 27.5 Å². The first kappa shape index (κ1) is 37.5. The lowest BCUT2D eigenvalue weighted by molar-refractivity contribution is -0.164. The van der Waals surface area contributed by atoms with Crippen LogP contribution in [0.3, 0.4) is 0 Å². The van der Waals surface area contributed by atoms with Crippen molar-refractivity contribution >= 4 is 46.0 Å². The number of amides is 2. The fraction of sp³-hybridized carbons (Fsp3) is 0.361. The number of carbonyl (C=O) groups is 2. The minimum absolute atomic E-state index is 0.0400. The lowest BCUT2D eigenvalue weighted by atomic mass is 9.75. The number of carbonyl (C=O) groups excluding carboxylic acids is 2. The molecule has 2 fully saturated rings. The number of hydrogen-bond donors (Lipinski definition) is 3. The number of benzene rings is 2. The smallest absolute Gasteiger partial charge is 0.411 e. The van der Waals surface area contributed by atoms with Gasteiger partial charge >= 0.3 is 12.3 Å². The second-order valence-corrected chi connectivity index (χ2v) is 15.1. The van der Waals surface area contributed by atoms with E-state index in [2.05, 4.69) is 26.6 Å². The van der Waals surface area contributed by atoms with Gasteiger partial charge in [-0.1, -0.05) is 50.6 Å². The highest BCUT2D eigenvalue weighted by molar-refractivity contribution is 6.32. The minimum Gasteiger partial charge on any atom is -0.447 e. The van der Waals surface area contributed by atoms with Gasteiger partial charge in [-0.15, -0.1) is 0 Å². The van der Waals surface area contributed by atoms with Gasteiger partial charge < -0.3 is 15.4 Å². The highest BCUT2D eigenvalue weighted by atomic mass is 35.5.